The van der Waals surface area contributed by atoms with E-state index < -0.39 is 17.8 Å². The Morgan fingerprint density at radius 3 is 2.16 bits per heavy atom. The third kappa shape index (κ3) is 5.00. The lowest BCUT2D eigenvalue weighted by Gasteiger charge is -2.35. The molecule has 10 heteroatoms. The van der Waals surface area contributed by atoms with E-state index in [1.54, 1.807) is 4.90 Å². The summed E-state index contributed by atoms with van der Waals surface area (Å²) in [5.41, 5.74) is -0.660. The van der Waals surface area contributed by atoms with Crippen LogP contribution in [0.2, 0.25) is 0 Å². The van der Waals surface area contributed by atoms with Gasteiger partial charge in [0, 0.05) is 51.0 Å². The summed E-state index contributed by atoms with van der Waals surface area (Å²) < 4.78 is 38.6. The summed E-state index contributed by atoms with van der Waals surface area (Å²) in [4.78, 5) is 27.6. The summed E-state index contributed by atoms with van der Waals surface area (Å²) in [6, 6.07) is 6.25. The van der Waals surface area contributed by atoms with Crippen molar-refractivity contribution in [3.8, 4) is 0 Å². The van der Waals surface area contributed by atoms with E-state index >= 15 is 0 Å². The van der Waals surface area contributed by atoms with Gasteiger partial charge in [0.15, 0.2) is 0 Å². The number of aryl methyl sites for hydroxylation is 1. The van der Waals surface area contributed by atoms with Gasteiger partial charge in [-0.2, -0.15) is 13.2 Å². The molecule has 2 fully saturated rings. The lowest BCUT2D eigenvalue weighted by atomic mass is 10.2. The number of hydrogen-bond acceptors (Lipinski definition) is 5. The van der Waals surface area contributed by atoms with Gasteiger partial charge in [0.2, 0.25) is 0 Å². The molecule has 0 radical (unpaired) electrons. The highest BCUT2D eigenvalue weighted by atomic mass is 19.4. The van der Waals surface area contributed by atoms with Crippen LogP contribution < -0.4 is 15.1 Å². The standard InChI is InChI=1S/C21H25F3N6O/c1-15-25-18(28-7-2-3-8-28)14-19(26-15)29-9-11-30(12-10-29)20(31)27-17-6-4-5-16(13-17)21(22,23)24/h4-6,13-14H,2-3,7-12H2,1H3,(H,27,31). The Morgan fingerprint density at radius 2 is 1.55 bits per heavy atom. The molecule has 4 rings (SSSR count). The van der Waals surface area contributed by atoms with Crippen molar-refractivity contribution in [1.29, 1.82) is 0 Å². The maximum absolute atomic E-state index is 12.9. The monoisotopic (exact) mass is 434 g/mol. The van der Waals surface area contributed by atoms with Crippen LogP contribution in [-0.4, -0.2) is 60.2 Å². The Hall–Kier alpha value is -3.04. The van der Waals surface area contributed by atoms with Crippen molar-refractivity contribution in [1.82, 2.24) is 14.9 Å². The molecule has 7 nitrogen and oxygen atoms in total. The number of rotatable bonds is 3. The third-order valence-electron chi connectivity index (χ3n) is 5.57. The number of halogens is 3. The number of urea groups is 1. The molecule has 166 valence electrons. The van der Waals surface area contributed by atoms with Gasteiger partial charge in [-0.25, -0.2) is 14.8 Å². The molecule has 2 amide bonds. The molecule has 0 saturated carbocycles. The van der Waals surface area contributed by atoms with Gasteiger partial charge in [-0.15, -0.1) is 0 Å². The van der Waals surface area contributed by atoms with Crippen LogP contribution in [0.25, 0.3) is 0 Å². The molecule has 2 aliphatic heterocycles. The van der Waals surface area contributed by atoms with Gasteiger partial charge in [0.05, 0.1) is 5.56 Å². The van der Waals surface area contributed by atoms with Gasteiger partial charge in [-0.3, -0.25) is 0 Å². The Kier molecular flexibility index (Phi) is 5.88. The maximum atomic E-state index is 12.9. The average molecular weight is 434 g/mol. The Balaban J connectivity index is 1.37. The van der Waals surface area contributed by atoms with Gasteiger partial charge in [-0.1, -0.05) is 6.07 Å². The van der Waals surface area contributed by atoms with Crippen LogP contribution in [0.3, 0.4) is 0 Å². The van der Waals surface area contributed by atoms with Crippen molar-refractivity contribution >= 4 is 23.4 Å². The van der Waals surface area contributed by atoms with Crippen molar-refractivity contribution in [2.75, 3.05) is 54.4 Å². The van der Waals surface area contributed by atoms with Crippen LogP contribution in [0.5, 0.6) is 0 Å². The molecule has 0 aliphatic carbocycles. The van der Waals surface area contributed by atoms with E-state index in [-0.39, 0.29) is 5.69 Å². The molecule has 2 saturated heterocycles. The highest BCUT2D eigenvalue weighted by Gasteiger charge is 2.31. The molecule has 1 aromatic heterocycles. The molecular formula is C21H25F3N6O. The molecule has 0 bridgehead atoms. The lowest BCUT2D eigenvalue weighted by Crippen LogP contribution is -2.50. The van der Waals surface area contributed by atoms with E-state index in [1.165, 1.54) is 12.1 Å². The highest BCUT2D eigenvalue weighted by Crippen LogP contribution is 2.30. The molecule has 2 aliphatic rings. The SMILES string of the molecule is Cc1nc(N2CCCC2)cc(N2CCN(C(=O)Nc3cccc(C(F)(F)F)c3)CC2)n1. The second-order valence-corrected chi connectivity index (χ2v) is 7.81. The van der Waals surface area contributed by atoms with Crippen LogP contribution in [0, 0.1) is 6.92 Å². The minimum absolute atomic E-state index is 0.129. The van der Waals surface area contributed by atoms with Gasteiger partial charge in [-0.05, 0) is 38.0 Å². The molecule has 3 heterocycles. The minimum atomic E-state index is -4.45. The van der Waals surface area contributed by atoms with Crippen LogP contribution >= 0.6 is 0 Å². The number of carbonyl (C=O) groups is 1. The molecule has 0 atom stereocenters. The molecule has 0 unspecified atom stereocenters. The predicted octanol–water partition coefficient (Wildman–Crippen LogP) is 3.76. The zero-order valence-electron chi connectivity index (χ0n) is 17.3. The number of hydrogen-bond donors (Lipinski definition) is 1. The van der Waals surface area contributed by atoms with Crippen LogP contribution in [0.4, 0.5) is 35.3 Å². The van der Waals surface area contributed by atoms with E-state index in [9.17, 15) is 18.0 Å². The Morgan fingerprint density at radius 1 is 0.935 bits per heavy atom. The fourth-order valence-corrected chi connectivity index (χ4v) is 3.92. The lowest BCUT2D eigenvalue weighted by molar-refractivity contribution is -0.137. The van der Waals surface area contributed by atoms with Crippen LogP contribution in [0.1, 0.15) is 24.2 Å². The number of piperazine rings is 1. The second kappa shape index (κ2) is 8.60. The summed E-state index contributed by atoms with van der Waals surface area (Å²) in [6.07, 6.45) is -2.12. The van der Waals surface area contributed by atoms with Crippen molar-refractivity contribution < 1.29 is 18.0 Å². The zero-order valence-corrected chi connectivity index (χ0v) is 17.3. The Bertz CT molecular complexity index is 937. The van der Waals surface area contributed by atoms with Gasteiger partial charge in [0.25, 0.3) is 0 Å². The molecule has 31 heavy (non-hydrogen) atoms. The second-order valence-electron chi connectivity index (χ2n) is 7.81. The van der Waals surface area contributed by atoms with Crippen molar-refractivity contribution in [3.63, 3.8) is 0 Å². The van der Waals surface area contributed by atoms with Crippen molar-refractivity contribution in [2.24, 2.45) is 0 Å². The topological polar surface area (TPSA) is 64.6 Å². The van der Waals surface area contributed by atoms with Crippen LogP contribution in [0.15, 0.2) is 30.3 Å². The van der Waals surface area contributed by atoms with Gasteiger partial charge >= 0.3 is 12.2 Å². The van der Waals surface area contributed by atoms with Gasteiger partial charge < -0.3 is 20.0 Å². The molecule has 0 spiro atoms. The Labute approximate surface area is 178 Å². The molecule has 1 N–H and O–H groups in total. The molecular weight excluding hydrogens is 409 g/mol. The number of nitrogens with one attached hydrogen (secondary N) is 1. The fraction of sp³-hybridized carbons (Fsp3) is 0.476. The van der Waals surface area contributed by atoms with E-state index in [4.69, 9.17) is 0 Å². The number of amides is 2. The maximum Gasteiger partial charge on any atom is 0.416 e. The first kappa shape index (κ1) is 21.2. The van der Waals surface area contributed by atoms with E-state index in [1.807, 2.05) is 13.0 Å². The fourth-order valence-electron chi connectivity index (χ4n) is 3.92. The zero-order chi connectivity index (χ0) is 22.0. The number of benzene rings is 1. The first-order chi connectivity index (χ1) is 14.8. The average Bonchev–Trinajstić information content (AvgIpc) is 3.28. The van der Waals surface area contributed by atoms with Crippen molar-refractivity contribution in [3.05, 3.63) is 41.7 Å². The number of nitrogens with zero attached hydrogens (tertiary/aromatic N) is 5. The number of carbonyl (C=O) groups excluding carboxylic acids is 1. The van der Waals surface area contributed by atoms with Gasteiger partial charge in [0.1, 0.15) is 17.5 Å². The summed E-state index contributed by atoms with van der Waals surface area (Å²) >= 11 is 0. The summed E-state index contributed by atoms with van der Waals surface area (Å²) in [7, 11) is 0. The molecule has 1 aromatic carbocycles. The quantitative estimate of drug-likeness (QED) is 0.797. The number of aromatic nitrogens is 2. The smallest absolute Gasteiger partial charge is 0.356 e. The summed E-state index contributed by atoms with van der Waals surface area (Å²) in [6.45, 7) is 5.96. The van der Waals surface area contributed by atoms with Crippen molar-refractivity contribution in [2.45, 2.75) is 25.9 Å². The summed E-state index contributed by atoms with van der Waals surface area (Å²) in [5.74, 6) is 2.49. The highest BCUT2D eigenvalue weighted by molar-refractivity contribution is 5.89. The van der Waals surface area contributed by atoms with Crippen LogP contribution in [-0.2, 0) is 6.18 Å². The largest absolute Gasteiger partial charge is 0.416 e. The molecule has 2 aromatic rings. The van der Waals surface area contributed by atoms with E-state index in [0.717, 1.165) is 49.7 Å². The third-order valence-corrected chi connectivity index (χ3v) is 5.57. The van der Waals surface area contributed by atoms with E-state index in [0.29, 0.717) is 32.0 Å². The minimum Gasteiger partial charge on any atom is -0.356 e. The van der Waals surface area contributed by atoms with E-state index in [2.05, 4.69) is 25.1 Å². The first-order valence-electron chi connectivity index (χ1n) is 10.4. The number of anilines is 3. The predicted molar refractivity (Wildman–Crippen MR) is 112 cm³/mol. The first-order valence-corrected chi connectivity index (χ1v) is 10.4. The normalized spacial score (nSPS) is 17.2. The number of alkyl halides is 3. The summed E-state index contributed by atoms with van der Waals surface area (Å²) in [5, 5.41) is 2.57.